The van der Waals surface area contributed by atoms with Gasteiger partial charge < -0.3 is 5.73 Å². The molecule has 0 saturated heterocycles. The number of rotatable bonds is 2. The fourth-order valence-corrected chi connectivity index (χ4v) is 1.24. The highest BCUT2D eigenvalue weighted by Gasteiger charge is 2.56. The van der Waals surface area contributed by atoms with Crippen LogP contribution in [0.25, 0.3) is 0 Å². The van der Waals surface area contributed by atoms with E-state index in [2.05, 4.69) is 10.2 Å². The smallest absolute Gasteiger partial charge is 0.252 e. The summed E-state index contributed by atoms with van der Waals surface area (Å²) in [6.45, 7) is 0. The number of halogens is 2. The third-order valence-electron chi connectivity index (χ3n) is 2.07. The van der Waals surface area contributed by atoms with E-state index < -0.39 is 11.8 Å². The molecule has 5 heteroatoms. The van der Waals surface area contributed by atoms with Crippen LogP contribution in [0.3, 0.4) is 0 Å². The fourth-order valence-electron chi connectivity index (χ4n) is 1.24. The highest BCUT2D eigenvalue weighted by atomic mass is 19.3. The van der Waals surface area contributed by atoms with E-state index in [0.717, 1.165) is 0 Å². The molecule has 1 aliphatic carbocycles. The molecule has 1 atom stereocenters. The Morgan fingerprint density at radius 2 is 2.42 bits per heavy atom. The number of anilines is 1. The summed E-state index contributed by atoms with van der Waals surface area (Å²) in [4.78, 5) is 0. The summed E-state index contributed by atoms with van der Waals surface area (Å²) < 4.78 is 24.8. The van der Waals surface area contributed by atoms with Gasteiger partial charge in [-0.15, -0.1) is 0 Å². The van der Waals surface area contributed by atoms with Crippen LogP contribution in [-0.4, -0.2) is 16.1 Å². The number of aromatic nitrogens is 2. The standard InChI is InChI=1S/C7H9F2N3/c8-7(9)3-4(7)1-5-2-6(10)12-11-5/h2,4H,1,3H2,(H3,10,11,12). The molecule has 1 saturated carbocycles. The van der Waals surface area contributed by atoms with Crippen LogP contribution in [0.15, 0.2) is 6.07 Å². The zero-order valence-electron chi connectivity index (χ0n) is 6.35. The molecule has 2 rings (SSSR count). The summed E-state index contributed by atoms with van der Waals surface area (Å²) in [5, 5.41) is 6.26. The van der Waals surface area contributed by atoms with Crippen LogP contribution < -0.4 is 5.73 Å². The van der Waals surface area contributed by atoms with E-state index in [-0.39, 0.29) is 6.42 Å². The summed E-state index contributed by atoms with van der Waals surface area (Å²) in [6, 6.07) is 1.59. The number of hydrogen-bond donors (Lipinski definition) is 2. The van der Waals surface area contributed by atoms with E-state index in [4.69, 9.17) is 5.73 Å². The van der Waals surface area contributed by atoms with Crippen molar-refractivity contribution in [1.82, 2.24) is 10.2 Å². The Morgan fingerprint density at radius 3 is 2.83 bits per heavy atom. The van der Waals surface area contributed by atoms with Gasteiger partial charge in [-0.05, 0) is 6.42 Å². The summed E-state index contributed by atoms with van der Waals surface area (Å²) >= 11 is 0. The van der Waals surface area contributed by atoms with E-state index in [1.807, 2.05) is 0 Å². The maximum Gasteiger partial charge on any atom is 0.252 e. The van der Waals surface area contributed by atoms with Crippen molar-refractivity contribution >= 4 is 5.82 Å². The second-order valence-corrected chi connectivity index (χ2v) is 3.18. The molecule has 0 spiro atoms. The molecule has 0 aromatic carbocycles. The predicted octanol–water partition coefficient (Wildman–Crippen LogP) is 1.19. The van der Waals surface area contributed by atoms with Gasteiger partial charge in [0.25, 0.3) is 5.92 Å². The van der Waals surface area contributed by atoms with Gasteiger partial charge in [-0.1, -0.05) is 0 Å². The molecule has 3 N–H and O–H groups in total. The summed E-state index contributed by atoms with van der Waals surface area (Å²) in [5.74, 6) is -2.62. The molecule has 12 heavy (non-hydrogen) atoms. The van der Waals surface area contributed by atoms with Gasteiger partial charge in [0.1, 0.15) is 5.82 Å². The van der Waals surface area contributed by atoms with Gasteiger partial charge in [-0.3, -0.25) is 5.10 Å². The number of alkyl halides is 2. The summed E-state index contributed by atoms with van der Waals surface area (Å²) in [6.07, 6.45) is 0.336. The molecule has 1 heterocycles. The van der Waals surface area contributed by atoms with E-state index >= 15 is 0 Å². The van der Waals surface area contributed by atoms with Crippen molar-refractivity contribution in [3.05, 3.63) is 11.8 Å². The van der Waals surface area contributed by atoms with Gasteiger partial charge in [-0.25, -0.2) is 8.78 Å². The normalized spacial score (nSPS) is 25.7. The molecule has 1 aromatic rings. The highest BCUT2D eigenvalue weighted by molar-refractivity contribution is 5.29. The first-order valence-corrected chi connectivity index (χ1v) is 3.75. The fraction of sp³-hybridized carbons (Fsp3) is 0.571. The lowest BCUT2D eigenvalue weighted by Crippen LogP contribution is -1.97. The van der Waals surface area contributed by atoms with E-state index in [0.29, 0.717) is 17.9 Å². The molecule has 1 unspecified atom stereocenters. The molecule has 66 valence electrons. The maximum atomic E-state index is 12.4. The van der Waals surface area contributed by atoms with Gasteiger partial charge in [-0.2, -0.15) is 5.10 Å². The van der Waals surface area contributed by atoms with Crippen LogP contribution in [0.1, 0.15) is 12.1 Å². The van der Waals surface area contributed by atoms with Crippen molar-refractivity contribution in [2.45, 2.75) is 18.8 Å². The molecular weight excluding hydrogens is 164 g/mol. The van der Waals surface area contributed by atoms with Crippen molar-refractivity contribution in [2.75, 3.05) is 5.73 Å². The average Bonchev–Trinajstić information content (AvgIpc) is 2.41. The van der Waals surface area contributed by atoms with Crippen LogP contribution in [0, 0.1) is 5.92 Å². The first-order chi connectivity index (χ1) is 5.58. The van der Waals surface area contributed by atoms with Crippen LogP contribution in [0.2, 0.25) is 0 Å². The van der Waals surface area contributed by atoms with E-state index in [9.17, 15) is 8.78 Å². The number of aromatic amines is 1. The molecule has 1 aromatic heterocycles. The zero-order valence-corrected chi connectivity index (χ0v) is 6.35. The lowest BCUT2D eigenvalue weighted by atomic mass is 10.2. The Bertz CT molecular complexity index is 295. The number of H-pyrrole nitrogens is 1. The van der Waals surface area contributed by atoms with Crippen molar-refractivity contribution in [3.63, 3.8) is 0 Å². The van der Waals surface area contributed by atoms with E-state index in [1.54, 1.807) is 6.07 Å². The van der Waals surface area contributed by atoms with Crippen molar-refractivity contribution in [1.29, 1.82) is 0 Å². The number of nitrogens with two attached hydrogens (primary N) is 1. The average molecular weight is 173 g/mol. The van der Waals surface area contributed by atoms with Crippen LogP contribution in [0.5, 0.6) is 0 Å². The lowest BCUT2D eigenvalue weighted by Gasteiger charge is -1.93. The Labute approximate surface area is 68.0 Å². The molecule has 0 bridgehead atoms. The third-order valence-corrected chi connectivity index (χ3v) is 2.07. The molecule has 1 fully saturated rings. The predicted molar refractivity (Wildman–Crippen MR) is 39.8 cm³/mol. The zero-order chi connectivity index (χ0) is 8.77. The van der Waals surface area contributed by atoms with Crippen molar-refractivity contribution < 1.29 is 8.78 Å². The molecule has 0 radical (unpaired) electrons. The monoisotopic (exact) mass is 173 g/mol. The van der Waals surface area contributed by atoms with Gasteiger partial charge in [0.2, 0.25) is 0 Å². The van der Waals surface area contributed by atoms with E-state index in [1.165, 1.54) is 0 Å². The van der Waals surface area contributed by atoms with Gasteiger partial charge >= 0.3 is 0 Å². The second-order valence-electron chi connectivity index (χ2n) is 3.18. The van der Waals surface area contributed by atoms with Gasteiger partial charge in [0, 0.05) is 24.1 Å². The second kappa shape index (κ2) is 2.18. The minimum Gasteiger partial charge on any atom is -0.382 e. The minimum absolute atomic E-state index is 0.00801. The van der Waals surface area contributed by atoms with Crippen LogP contribution in [0.4, 0.5) is 14.6 Å². The Hall–Kier alpha value is -1.13. The topological polar surface area (TPSA) is 54.7 Å². The van der Waals surface area contributed by atoms with Gasteiger partial charge in [0.15, 0.2) is 0 Å². The van der Waals surface area contributed by atoms with Crippen molar-refractivity contribution in [3.8, 4) is 0 Å². The van der Waals surface area contributed by atoms with Crippen LogP contribution in [-0.2, 0) is 6.42 Å². The Kier molecular flexibility index (Phi) is 1.37. The van der Waals surface area contributed by atoms with Crippen LogP contribution >= 0.6 is 0 Å². The Balaban J connectivity index is 1.97. The highest BCUT2D eigenvalue weighted by Crippen LogP contribution is 2.50. The maximum absolute atomic E-state index is 12.4. The third kappa shape index (κ3) is 1.26. The SMILES string of the molecule is Nc1cc(CC2CC2(F)F)[nH]n1. The first kappa shape index (κ1) is 7.52. The molecule has 0 amide bonds. The summed E-state index contributed by atoms with van der Waals surface area (Å²) in [7, 11) is 0. The molecular formula is C7H9F2N3. The number of nitrogens with zero attached hydrogens (tertiary/aromatic N) is 1. The number of nitrogens with one attached hydrogen (secondary N) is 1. The molecule has 3 nitrogen and oxygen atoms in total. The molecule has 0 aliphatic heterocycles. The Morgan fingerprint density at radius 1 is 1.75 bits per heavy atom. The minimum atomic E-state index is -2.46. The largest absolute Gasteiger partial charge is 0.382 e. The van der Waals surface area contributed by atoms with Crippen molar-refractivity contribution in [2.24, 2.45) is 5.92 Å². The number of nitrogen functional groups attached to an aromatic ring is 1. The summed E-state index contributed by atoms with van der Waals surface area (Å²) in [5.41, 5.74) is 6.00. The molecule has 1 aliphatic rings. The van der Waals surface area contributed by atoms with Gasteiger partial charge in [0.05, 0.1) is 0 Å². The number of hydrogen-bond acceptors (Lipinski definition) is 2. The quantitative estimate of drug-likeness (QED) is 0.705. The first-order valence-electron chi connectivity index (χ1n) is 3.75. The lowest BCUT2D eigenvalue weighted by molar-refractivity contribution is 0.0987.